The molecule has 110 valence electrons. The Morgan fingerprint density at radius 3 is 2.71 bits per heavy atom. The number of likely N-dealkylation sites (tertiary alicyclic amines) is 1. The van der Waals surface area contributed by atoms with Crippen LogP contribution in [0.5, 0.6) is 0 Å². The summed E-state index contributed by atoms with van der Waals surface area (Å²) in [7, 11) is 0. The third-order valence-electron chi connectivity index (χ3n) is 3.55. The van der Waals surface area contributed by atoms with Crippen LogP contribution in [-0.4, -0.2) is 28.9 Å². The quantitative estimate of drug-likeness (QED) is 0.790. The summed E-state index contributed by atoms with van der Waals surface area (Å²) in [5, 5.41) is 3.49. The van der Waals surface area contributed by atoms with Crippen LogP contribution in [0.15, 0.2) is 23.6 Å². The maximum atomic E-state index is 12.4. The minimum Gasteiger partial charge on any atom is -0.337 e. The molecule has 0 N–H and O–H groups in total. The predicted octanol–water partition coefficient (Wildman–Crippen LogP) is 4.74. The number of halogens is 2. The van der Waals surface area contributed by atoms with E-state index in [4.69, 9.17) is 23.2 Å². The average molecular weight is 341 g/mol. The van der Waals surface area contributed by atoms with E-state index in [1.807, 2.05) is 17.0 Å². The van der Waals surface area contributed by atoms with Gasteiger partial charge in [0.25, 0.3) is 5.91 Å². The molecule has 3 nitrogen and oxygen atoms in total. The Morgan fingerprint density at radius 1 is 1.19 bits per heavy atom. The van der Waals surface area contributed by atoms with Gasteiger partial charge < -0.3 is 4.90 Å². The molecule has 1 aromatic carbocycles. The van der Waals surface area contributed by atoms with E-state index in [1.165, 1.54) is 17.8 Å². The fourth-order valence-electron chi connectivity index (χ4n) is 2.42. The molecule has 1 aliphatic rings. The Balaban J connectivity index is 1.86. The molecule has 0 aliphatic carbocycles. The van der Waals surface area contributed by atoms with Crippen LogP contribution in [0.2, 0.25) is 10.0 Å². The molecule has 1 aromatic heterocycles. The van der Waals surface area contributed by atoms with Crippen molar-refractivity contribution in [3.05, 3.63) is 39.3 Å². The second kappa shape index (κ2) is 6.34. The number of rotatable bonds is 2. The first-order chi connectivity index (χ1) is 10.2. The van der Waals surface area contributed by atoms with Crippen molar-refractivity contribution >= 4 is 40.4 Å². The maximum Gasteiger partial charge on any atom is 0.273 e. The second-order valence-electron chi connectivity index (χ2n) is 4.99. The number of thiazole rings is 1. The summed E-state index contributed by atoms with van der Waals surface area (Å²) in [5.74, 6) is 0.00958. The van der Waals surface area contributed by atoms with Crippen molar-refractivity contribution in [1.29, 1.82) is 0 Å². The molecule has 1 amide bonds. The number of benzene rings is 1. The minimum atomic E-state index is 0.00958. The molecule has 0 atom stereocenters. The number of carbonyl (C=O) groups excluding carboxylic acids is 1. The zero-order valence-electron chi connectivity index (χ0n) is 11.3. The van der Waals surface area contributed by atoms with Crippen LogP contribution < -0.4 is 0 Å². The number of piperidine rings is 1. The highest BCUT2D eigenvalue weighted by atomic mass is 35.5. The summed E-state index contributed by atoms with van der Waals surface area (Å²) in [6.07, 6.45) is 3.34. The average Bonchev–Trinajstić information content (AvgIpc) is 3.00. The summed E-state index contributed by atoms with van der Waals surface area (Å²) in [6.45, 7) is 1.65. The Morgan fingerprint density at radius 2 is 1.95 bits per heavy atom. The maximum absolute atomic E-state index is 12.4. The van der Waals surface area contributed by atoms with Crippen LogP contribution in [0.25, 0.3) is 10.6 Å². The van der Waals surface area contributed by atoms with Crippen LogP contribution in [0.1, 0.15) is 29.8 Å². The molecule has 1 fully saturated rings. The summed E-state index contributed by atoms with van der Waals surface area (Å²) in [5.41, 5.74) is 1.26. The SMILES string of the molecule is O=C(c1csc(-c2cccc(Cl)c2Cl)n1)N1CCCCC1. The Bertz CT molecular complexity index is 665. The first-order valence-electron chi connectivity index (χ1n) is 6.86. The monoisotopic (exact) mass is 340 g/mol. The molecule has 1 aliphatic heterocycles. The molecule has 0 spiro atoms. The summed E-state index contributed by atoms with van der Waals surface area (Å²) >= 11 is 13.6. The van der Waals surface area contributed by atoms with E-state index in [9.17, 15) is 4.79 Å². The Kier molecular flexibility index (Phi) is 4.48. The lowest BCUT2D eigenvalue weighted by Crippen LogP contribution is -2.35. The van der Waals surface area contributed by atoms with Crippen molar-refractivity contribution in [2.24, 2.45) is 0 Å². The van der Waals surface area contributed by atoms with E-state index < -0.39 is 0 Å². The van der Waals surface area contributed by atoms with Gasteiger partial charge in [0.2, 0.25) is 0 Å². The van der Waals surface area contributed by atoms with Crippen molar-refractivity contribution in [3.8, 4) is 10.6 Å². The summed E-state index contributed by atoms with van der Waals surface area (Å²) in [6, 6.07) is 5.43. The van der Waals surface area contributed by atoms with E-state index in [1.54, 1.807) is 11.4 Å². The van der Waals surface area contributed by atoms with Gasteiger partial charge in [0.15, 0.2) is 0 Å². The van der Waals surface area contributed by atoms with E-state index in [0.717, 1.165) is 36.5 Å². The summed E-state index contributed by atoms with van der Waals surface area (Å²) in [4.78, 5) is 18.7. The van der Waals surface area contributed by atoms with Crippen LogP contribution in [0, 0.1) is 0 Å². The van der Waals surface area contributed by atoms with Gasteiger partial charge in [-0.25, -0.2) is 4.98 Å². The highest BCUT2D eigenvalue weighted by Crippen LogP contribution is 2.35. The van der Waals surface area contributed by atoms with Crippen molar-refractivity contribution in [3.63, 3.8) is 0 Å². The summed E-state index contributed by atoms with van der Waals surface area (Å²) < 4.78 is 0. The fourth-order valence-corrected chi connectivity index (χ4v) is 3.69. The Hall–Kier alpha value is -1.10. The van der Waals surface area contributed by atoms with Gasteiger partial charge in [-0.2, -0.15) is 0 Å². The van der Waals surface area contributed by atoms with E-state index in [0.29, 0.717) is 15.7 Å². The van der Waals surface area contributed by atoms with Gasteiger partial charge in [-0.3, -0.25) is 4.79 Å². The highest BCUT2D eigenvalue weighted by molar-refractivity contribution is 7.13. The molecule has 2 aromatic rings. The lowest BCUT2D eigenvalue weighted by molar-refractivity contribution is 0.0719. The smallest absolute Gasteiger partial charge is 0.273 e. The molecular formula is C15H14Cl2N2OS. The van der Waals surface area contributed by atoms with E-state index >= 15 is 0 Å². The largest absolute Gasteiger partial charge is 0.337 e. The zero-order valence-corrected chi connectivity index (χ0v) is 13.6. The predicted molar refractivity (Wildman–Crippen MR) is 87.3 cm³/mol. The number of hydrogen-bond donors (Lipinski definition) is 0. The molecule has 0 saturated carbocycles. The highest BCUT2D eigenvalue weighted by Gasteiger charge is 2.21. The van der Waals surface area contributed by atoms with Gasteiger partial charge in [0, 0.05) is 24.0 Å². The lowest BCUT2D eigenvalue weighted by atomic mass is 10.1. The molecule has 0 bridgehead atoms. The van der Waals surface area contributed by atoms with Crippen LogP contribution in [0.4, 0.5) is 0 Å². The minimum absolute atomic E-state index is 0.00958. The fraction of sp³-hybridized carbons (Fsp3) is 0.333. The van der Waals surface area contributed by atoms with Gasteiger partial charge in [0.1, 0.15) is 10.7 Å². The standard InChI is InChI=1S/C15H14Cl2N2OS/c16-11-6-4-5-10(13(11)17)14-18-12(9-21-14)15(20)19-7-2-1-3-8-19/h4-6,9H,1-3,7-8H2. The molecule has 2 heterocycles. The van der Waals surface area contributed by atoms with E-state index in [-0.39, 0.29) is 5.91 Å². The zero-order chi connectivity index (χ0) is 14.8. The molecule has 1 saturated heterocycles. The third-order valence-corrected chi connectivity index (χ3v) is 5.24. The molecule has 3 rings (SSSR count). The van der Waals surface area contributed by atoms with Crippen molar-refractivity contribution in [1.82, 2.24) is 9.88 Å². The van der Waals surface area contributed by atoms with Gasteiger partial charge in [-0.15, -0.1) is 11.3 Å². The van der Waals surface area contributed by atoms with Crippen LogP contribution in [0.3, 0.4) is 0 Å². The molecule has 0 unspecified atom stereocenters. The molecular weight excluding hydrogens is 327 g/mol. The van der Waals surface area contributed by atoms with Gasteiger partial charge in [0.05, 0.1) is 10.0 Å². The van der Waals surface area contributed by atoms with Gasteiger partial charge in [-0.1, -0.05) is 35.3 Å². The normalized spacial score (nSPS) is 15.2. The van der Waals surface area contributed by atoms with Crippen LogP contribution >= 0.6 is 34.5 Å². The third kappa shape index (κ3) is 3.07. The lowest BCUT2D eigenvalue weighted by Gasteiger charge is -2.25. The van der Waals surface area contributed by atoms with Crippen molar-refractivity contribution < 1.29 is 4.79 Å². The number of hydrogen-bond acceptors (Lipinski definition) is 3. The molecule has 21 heavy (non-hydrogen) atoms. The first-order valence-corrected chi connectivity index (χ1v) is 8.49. The number of aromatic nitrogens is 1. The van der Waals surface area contributed by atoms with Gasteiger partial charge >= 0.3 is 0 Å². The first kappa shape index (κ1) is 14.8. The second-order valence-corrected chi connectivity index (χ2v) is 6.64. The number of carbonyl (C=O) groups is 1. The molecule has 6 heteroatoms. The van der Waals surface area contributed by atoms with Gasteiger partial charge in [-0.05, 0) is 25.3 Å². The van der Waals surface area contributed by atoms with E-state index in [2.05, 4.69) is 4.98 Å². The Labute approximate surface area is 137 Å². The van der Waals surface area contributed by atoms with Crippen molar-refractivity contribution in [2.75, 3.05) is 13.1 Å². The number of nitrogens with zero attached hydrogens (tertiary/aromatic N) is 2. The number of amides is 1. The van der Waals surface area contributed by atoms with Crippen LogP contribution in [-0.2, 0) is 0 Å². The topological polar surface area (TPSA) is 33.2 Å². The van der Waals surface area contributed by atoms with Crippen molar-refractivity contribution in [2.45, 2.75) is 19.3 Å². The molecule has 0 radical (unpaired) electrons.